The molecule has 132 valence electrons. The molecule has 25 heavy (non-hydrogen) atoms. The summed E-state index contributed by atoms with van der Waals surface area (Å²) in [5.74, 6) is -0.274. The molecule has 3 rings (SSSR count). The number of ether oxygens (including phenoxy) is 1. The van der Waals surface area contributed by atoms with Crippen molar-refractivity contribution in [3.63, 3.8) is 0 Å². The molecule has 2 heterocycles. The van der Waals surface area contributed by atoms with Crippen molar-refractivity contribution in [3.05, 3.63) is 47.2 Å². The Morgan fingerprint density at radius 3 is 2.48 bits per heavy atom. The summed E-state index contributed by atoms with van der Waals surface area (Å²) >= 11 is 6.12. The highest BCUT2D eigenvalue weighted by atomic mass is 35.5. The highest BCUT2D eigenvalue weighted by molar-refractivity contribution is 6.33. The molecule has 0 aliphatic carbocycles. The number of hydrogen-bond donors (Lipinski definition) is 0. The van der Waals surface area contributed by atoms with Crippen LogP contribution in [0.4, 0.5) is 0 Å². The zero-order chi connectivity index (χ0) is 17.6. The first kappa shape index (κ1) is 17.5. The van der Waals surface area contributed by atoms with Crippen LogP contribution in [-0.4, -0.2) is 36.5 Å². The largest absolute Gasteiger partial charge is 0.450 e. The first-order chi connectivity index (χ1) is 12.1. The molecule has 2 aromatic rings. The number of hydrogen-bond acceptors (Lipinski definition) is 4. The summed E-state index contributed by atoms with van der Waals surface area (Å²) in [6.45, 7) is 1.20. The van der Waals surface area contributed by atoms with Crippen LogP contribution in [0.2, 0.25) is 5.02 Å². The number of rotatable bonds is 4. The third-order valence-electron chi connectivity index (χ3n) is 4.23. The van der Waals surface area contributed by atoms with E-state index in [1.165, 1.54) is 6.07 Å². The van der Waals surface area contributed by atoms with Crippen molar-refractivity contribution in [2.75, 3.05) is 19.7 Å². The van der Waals surface area contributed by atoms with Crippen molar-refractivity contribution in [2.24, 2.45) is 0 Å². The van der Waals surface area contributed by atoms with Gasteiger partial charge < -0.3 is 14.1 Å². The molecule has 0 N–H and O–H groups in total. The molecule has 1 amide bonds. The first-order valence-corrected chi connectivity index (χ1v) is 8.82. The van der Waals surface area contributed by atoms with Gasteiger partial charge in [-0.15, -0.1) is 0 Å². The highest BCUT2D eigenvalue weighted by Crippen LogP contribution is 2.29. The van der Waals surface area contributed by atoms with E-state index in [1.54, 1.807) is 23.1 Å². The average Bonchev–Trinajstić information content (AvgIpc) is 2.94. The topological polar surface area (TPSA) is 59.8 Å². The van der Waals surface area contributed by atoms with Crippen molar-refractivity contribution in [3.8, 4) is 11.3 Å². The zero-order valence-electron chi connectivity index (χ0n) is 13.9. The summed E-state index contributed by atoms with van der Waals surface area (Å²) in [6.07, 6.45) is 4.28. The number of halogens is 1. The van der Waals surface area contributed by atoms with E-state index in [4.69, 9.17) is 20.8 Å². The van der Waals surface area contributed by atoms with Crippen LogP contribution in [0.25, 0.3) is 11.3 Å². The number of carbonyl (C=O) groups is 2. The van der Waals surface area contributed by atoms with Gasteiger partial charge in [0.15, 0.2) is 6.61 Å². The fourth-order valence-electron chi connectivity index (χ4n) is 2.86. The van der Waals surface area contributed by atoms with Gasteiger partial charge in [-0.3, -0.25) is 4.79 Å². The van der Waals surface area contributed by atoms with Gasteiger partial charge >= 0.3 is 5.97 Å². The number of carbonyl (C=O) groups excluding carboxylic acids is 2. The summed E-state index contributed by atoms with van der Waals surface area (Å²) in [4.78, 5) is 26.0. The number of likely N-dealkylation sites (tertiary alicyclic amines) is 1. The van der Waals surface area contributed by atoms with Crippen LogP contribution in [0.3, 0.4) is 0 Å². The molecule has 0 bridgehead atoms. The molecular weight excluding hydrogens is 342 g/mol. The Bertz CT molecular complexity index is 747. The van der Waals surface area contributed by atoms with E-state index in [-0.39, 0.29) is 18.3 Å². The lowest BCUT2D eigenvalue weighted by atomic mass is 10.2. The summed E-state index contributed by atoms with van der Waals surface area (Å²) in [5, 5.41) is 0.535. The summed E-state index contributed by atoms with van der Waals surface area (Å²) in [7, 11) is 0. The Hall–Kier alpha value is -2.27. The maximum atomic E-state index is 12.2. The molecule has 1 aliphatic heterocycles. The summed E-state index contributed by atoms with van der Waals surface area (Å²) < 4.78 is 10.6. The maximum absolute atomic E-state index is 12.2. The standard InChI is InChI=1S/C19H20ClNO4/c20-15-8-4-3-7-14(15)16-9-10-17(25-16)19(23)24-13-18(22)21-11-5-1-2-6-12-21/h3-4,7-10H,1-2,5-6,11-13H2. The van der Waals surface area contributed by atoms with E-state index in [0.29, 0.717) is 16.3 Å². The molecule has 0 radical (unpaired) electrons. The van der Waals surface area contributed by atoms with Crippen LogP contribution in [0.5, 0.6) is 0 Å². The van der Waals surface area contributed by atoms with Crippen molar-refractivity contribution >= 4 is 23.5 Å². The number of furan rings is 1. The van der Waals surface area contributed by atoms with Crippen molar-refractivity contribution < 1.29 is 18.7 Å². The van der Waals surface area contributed by atoms with Crippen molar-refractivity contribution in [1.29, 1.82) is 0 Å². The Morgan fingerprint density at radius 2 is 1.76 bits per heavy atom. The van der Waals surface area contributed by atoms with Crippen LogP contribution in [-0.2, 0) is 9.53 Å². The number of amides is 1. The van der Waals surface area contributed by atoms with Crippen LogP contribution in [0.15, 0.2) is 40.8 Å². The van der Waals surface area contributed by atoms with E-state index >= 15 is 0 Å². The second-order valence-corrected chi connectivity index (χ2v) is 6.42. The lowest BCUT2D eigenvalue weighted by Gasteiger charge is -2.19. The molecule has 0 spiro atoms. The first-order valence-electron chi connectivity index (χ1n) is 8.45. The molecule has 5 nitrogen and oxygen atoms in total. The Morgan fingerprint density at radius 1 is 1.04 bits per heavy atom. The average molecular weight is 362 g/mol. The third kappa shape index (κ3) is 4.42. The van der Waals surface area contributed by atoms with E-state index in [2.05, 4.69) is 0 Å². The van der Waals surface area contributed by atoms with Gasteiger partial charge in [-0.2, -0.15) is 0 Å². The molecule has 0 unspecified atom stereocenters. The Labute approximate surface area is 151 Å². The Kier molecular flexibility index (Phi) is 5.76. The van der Waals surface area contributed by atoms with Gasteiger partial charge in [0.2, 0.25) is 5.76 Å². The normalized spacial score (nSPS) is 14.8. The molecule has 1 saturated heterocycles. The quantitative estimate of drug-likeness (QED) is 0.767. The van der Waals surface area contributed by atoms with Gasteiger partial charge in [-0.25, -0.2) is 4.79 Å². The van der Waals surface area contributed by atoms with Gasteiger partial charge in [0.05, 0.1) is 5.02 Å². The highest BCUT2D eigenvalue weighted by Gasteiger charge is 2.20. The number of benzene rings is 1. The van der Waals surface area contributed by atoms with E-state index < -0.39 is 5.97 Å². The molecular formula is C19H20ClNO4. The minimum atomic E-state index is -0.651. The second kappa shape index (κ2) is 8.21. The fraction of sp³-hybridized carbons (Fsp3) is 0.368. The van der Waals surface area contributed by atoms with Crippen LogP contribution in [0.1, 0.15) is 36.2 Å². The van der Waals surface area contributed by atoms with Gasteiger partial charge in [-0.1, -0.05) is 36.6 Å². The van der Waals surface area contributed by atoms with Gasteiger partial charge in [0, 0.05) is 18.7 Å². The minimum absolute atomic E-state index is 0.0542. The van der Waals surface area contributed by atoms with E-state index in [0.717, 1.165) is 38.8 Å². The zero-order valence-corrected chi connectivity index (χ0v) is 14.6. The SMILES string of the molecule is O=C(OCC(=O)N1CCCCCC1)c1ccc(-c2ccccc2Cl)o1. The molecule has 0 atom stereocenters. The second-order valence-electron chi connectivity index (χ2n) is 6.01. The predicted molar refractivity (Wildman–Crippen MR) is 94.5 cm³/mol. The van der Waals surface area contributed by atoms with E-state index in [1.807, 2.05) is 12.1 Å². The summed E-state index contributed by atoms with van der Waals surface area (Å²) in [6, 6.07) is 10.4. The van der Waals surface area contributed by atoms with Gasteiger partial charge in [0.25, 0.3) is 5.91 Å². The monoisotopic (exact) mass is 361 g/mol. The van der Waals surface area contributed by atoms with Crippen molar-refractivity contribution in [1.82, 2.24) is 4.90 Å². The van der Waals surface area contributed by atoms with E-state index in [9.17, 15) is 9.59 Å². The summed E-state index contributed by atoms with van der Waals surface area (Å²) in [5.41, 5.74) is 0.698. The molecule has 1 aliphatic rings. The molecule has 1 aromatic carbocycles. The maximum Gasteiger partial charge on any atom is 0.374 e. The molecule has 1 aromatic heterocycles. The van der Waals surface area contributed by atoms with Crippen molar-refractivity contribution in [2.45, 2.75) is 25.7 Å². The lowest BCUT2D eigenvalue weighted by molar-refractivity contribution is -0.134. The molecule has 6 heteroatoms. The van der Waals surface area contributed by atoms with Crippen LogP contribution < -0.4 is 0 Å². The minimum Gasteiger partial charge on any atom is -0.450 e. The fourth-order valence-corrected chi connectivity index (χ4v) is 3.09. The predicted octanol–water partition coefficient (Wildman–Crippen LogP) is 4.16. The number of nitrogens with zero attached hydrogens (tertiary/aromatic N) is 1. The van der Waals surface area contributed by atoms with Crippen LogP contribution >= 0.6 is 11.6 Å². The van der Waals surface area contributed by atoms with Gasteiger partial charge in [0.1, 0.15) is 5.76 Å². The number of esters is 1. The Balaban J connectivity index is 1.58. The van der Waals surface area contributed by atoms with Gasteiger partial charge in [-0.05, 0) is 37.1 Å². The molecule has 1 fully saturated rings. The molecule has 0 saturated carbocycles. The third-order valence-corrected chi connectivity index (χ3v) is 4.56. The smallest absolute Gasteiger partial charge is 0.374 e. The van der Waals surface area contributed by atoms with Crippen LogP contribution in [0, 0.1) is 0 Å². The lowest BCUT2D eigenvalue weighted by Crippen LogP contribution is -2.35.